The summed E-state index contributed by atoms with van der Waals surface area (Å²) in [6, 6.07) is 26.8. The summed E-state index contributed by atoms with van der Waals surface area (Å²) in [5, 5.41) is 11.5. The number of anilines is 1. The zero-order chi connectivity index (χ0) is 21.2. The van der Waals surface area contributed by atoms with Crippen LogP contribution in [0.1, 0.15) is 35.4 Å². The summed E-state index contributed by atoms with van der Waals surface area (Å²) in [7, 11) is 0. The van der Waals surface area contributed by atoms with Gasteiger partial charge in [-0.25, -0.2) is 0 Å². The molecule has 1 saturated heterocycles. The largest absolute Gasteiger partial charge is 0.470 e. The van der Waals surface area contributed by atoms with Crippen molar-refractivity contribution in [2.75, 3.05) is 18.0 Å². The first-order valence-electron chi connectivity index (χ1n) is 11.0. The van der Waals surface area contributed by atoms with E-state index in [1.54, 1.807) is 0 Å². The van der Waals surface area contributed by atoms with Crippen LogP contribution in [-0.4, -0.2) is 24.2 Å². The van der Waals surface area contributed by atoms with Crippen LogP contribution in [0.3, 0.4) is 0 Å². The van der Waals surface area contributed by atoms with Crippen molar-refractivity contribution in [3.05, 3.63) is 106 Å². The summed E-state index contributed by atoms with van der Waals surface area (Å²) in [6.45, 7) is 0.835. The second-order valence-electron chi connectivity index (χ2n) is 8.46. The Balaban J connectivity index is 1.52. The first-order chi connectivity index (χ1) is 15.2. The van der Waals surface area contributed by atoms with E-state index in [2.05, 4.69) is 53.4 Å². The minimum atomic E-state index is -0.189. The van der Waals surface area contributed by atoms with Crippen LogP contribution >= 0.6 is 0 Å². The number of para-hydroxylation sites is 2. The lowest BCUT2D eigenvalue weighted by Gasteiger charge is -2.48. The Kier molecular flexibility index (Phi) is 5.33. The van der Waals surface area contributed by atoms with E-state index in [1.165, 1.54) is 16.8 Å². The monoisotopic (exact) mass is 414 g/mol. The van der Waals surface area contributed by atoms with Crippen molar-refractivity contribution in [1.29, 1.82) is 0 Å². The van der Waals surface area contributed by atoms with Gasteiger partial charge in [0.1, 0.15) is 5.75 Å². The Morgan fingerprint density at radius 1 is 0.968 bits per heavy atom. The molecular weight excluding hydrogens is 388 g/mol. The molecule has 0 spiro atoms. The molecule has 2 heterocycles. The Morgan fingerprint density at radius 3 is 2.55 bits per heavy atom. The smallest absolute Gasteiger partial charge is 0.211 e. The molecule has 2 aliphatic rings. The fraction of sp³-hybridized carbons (Fsp3) is 0.308. The molecule has 3 aromatic carbocycles. The van der Waals surface area contributed by atoms with Crippen molar-refractivity contribution in [2.24, 2.45) is 5.92 Å². The zero-order valence-corrected chi connectivity index (χ0v) is 17.4. The molecule has 0 aliphatic carbocycles. The van der Waals surface area contributed by atoms with Gasteiger partial charge in [0.2, 0.25) is 6.54 Å². The molecule has 5 rings (SSSR count). The van der Waals surface area contributed by atoms with Crippen LogP contribution < -0.4 is 9.64 Å². The number of nitro groups is 1. The van der Waals surface area contributed by atoms with Crippen LogP contribution in [0.25, 0.3) is 0 Å². The van der Waals surface area contributed by atoms with E-state index in [9.17, 15) is 10.1 Å². The number of hydrogen-bond acceptors (Lipinski definition) is 4. The molecule has 3 aromatic rings. The highest BCUT2D eigenvalue weighted by Crippen LogP contribution is 2.46. The normalized spacial score (nSPS) is 22.2. The predicted molar refractivity (Wildman–Crippen MR) is 121 cm³/mol. The van der Waals surface area contributed by atoms with E-state index < -0.39 is 0 Å². The SMILES string of the molecule is O=[N+]([O-])CC1c2ccccc2OC2C1CCCN2c1ccccc1Cc1ccccc1. The Hall–Kier alpha value is -3.34. The quantitative estimate of drug-likeness (QED) is 0.421. The van der Waals surface area contributed by atoms with Crippen molar-refractivity contribution in [3.8, 4) is 5.75 Å². The van der Waals surface area contributed by atoms with Crippen LogP contribution in [0, 0.1) is 16.0 Å². The van der Waals surface area contributed by atoms with E-state index >= 15 is 0 Å². The third-order valence-corrected chi connectivity index (χ3v) is 6.58. The fourth-order valence-corrected chi connectivity index (χ4v) is 5.21. The molecule has 158 valence electrons. The molecule has 0 saturated carbocycles. The second-order valence-corrected chi connectivity index (χ2v) is 8.46. The molecule has 2 aliphatic heterocycles. The zero-order valence-electron chi connectivity index (χ0n) is 17.4. The van der Waals surface area contributed by atoms with Crippen LogP contribution in [0.2, 0.25) is 0 Å². The van der Waals surface area contributed by atoms with Crippen LogP contribution in [0.15, 0.2) is 78.9 Å². The maximum Gasteiger partial charge on any atom is 0.211 e. The molecule has 0 radical (unpaired) electrons. The van der Waals surface area contributed by atoms with Gasteiger partial charge < -0.3 is 9.64 Å². The van der Waals surface area contributed by atoms with Gasteiger partial charge in [-0.2, -0.15) is 0 Å². The molecule has 3 atom stereocenters. The van der Waals surface area contributed by atoms with Crippen molar-refractivity contribution < 1.29 is 9.66 Å². The molecule has 0 N–H and O–H groups in total. The average molecular weight is 415 g/mol. The van der Waals surface area contributed by atoms with Crippen molar-refractivity contribution in [2.45, 2.75) is 31.4 Å². The number of piperidine rings is 1. The molecular formula is C26H26N2O3. The molecule has 0 amide bonds. The summed E-state index contributed by atoms with van der Waals surface area (Å²) < 4.78 is 6.52. The summed E-state index contributed by atoms with van der Waals surface area (Å²) in [5.41, 5.74) is 4.66. The standard InChI is InChI=1S/C26H26N2O3/c29-28(30)18-23-21-12-5-7-15-25(21)31-26-22(23)13-8-16-27(26)24-14-6-4-11-20(24)17-19-9-2-1-3-10-19/h1-7,9-12,14-15,22-23,26H,8,13,16-18H2. The lowest BCUT2D eigenvalue weighted by atomic mass is 9.77. The fourth-order valence-electron chi connectivity index (χ4n) is 5.21. The number of ether oxygens (including phenoxy) is 1. The van der Waals surface area contributed by atoms with Crippen LogP contribution in [0.5, 0.6) is 5.75 Å². The van der Waals surface area contributed by atoms with Gasteiger partial charge in [0.15, 0.2) is 6.23 Å². The van der Waals surface area contributed by atoms with Crippen molar-refractivity contribution in [3.63, 3.8) is 0 Å². The predicted octanol–water partition coefficient (Wildman–Crippen LogP) is 5.27. The number of nitrogens with zero attached hydrogens (tertiary/aromatic N) is 2. The van der Waals surface area contributed by atoms with E-state index in [4.69, 9.17) is 4.74 Å². The Bertz CT molecular complexity index is 1070. The molecule has 0 aromatic heterocycles. The van der Waals surface area contributed by atoms with Gasteiger partial charge in [-0.05, 0) is 42.5 Å². The van der Waals surface area contributed by atoms with Gasteiger partial charge in [0, 0.05) is 28.6 Å². The topological polar surface area (TPSA) is 55.6 Å². The van der Waals surface area contributed by atoms with Gasteiger partial charge in [0.05, 0.1) is 5.92 Å². The molecule has 1 fully saturated rings. The van der Waals surface area contributed by atoms with Gasteiger partial charge in [-0.3, -0.25) is 10.1 Å². The molecule has 3 unspecified atom stereocenters. The van der Waals surface area contributed by atoms with Gasteiger partial charge in [0.25, 0.3) is 0 Å². The van der Waals surface area contributed by atoms with Crippen LogP contribution in [0.4, 0.5) is 5.69 Å². The van der Waals surface area contributed by atoms with Gasteiger partial charge in [-0.15, -0.1) is 0 Å². The molecule has 5 nitrogen and oxygen atoms in total. The van der Waals surface area contributed by atoms with Crippen molar-refractivity contribution >= 4 is 5.69 Å². The number of rotatable bonds is 5. The maximum absolute atomic E-state index is 11.5. The average Bonchev–Trinajstić information content (AvgIpc) is 2.79. The number of benzene rings is 3. The second kappa shape index (κ2) is 8.42. The Morgan fingerprint density at radius 2 is 1.71 bits per heavy atom. The highest BCUT2D eigenvalue weighted by atomic mass is 16.6. The van der Waals surface area contributed by atoms with Gasteiger partial charge in [-0.1, -0.05) is 66.7 Å². The highest BCUT2D eigenvalue weighted by Gasteiger charge is 2.45. The maximum atomic E-state index is 11.5. The van der Waals surface area contributed by atoms with Gasteiger partial charge >= 0.3 is 0 Å². The summed E-state index contributed by atoms with van der Waals surface area (Å²) in [4.78, 5) is 13.7. The molecule has 5 heteroatoms. The summed E-state index contributed by atoms with van der Waals surface area (Å²) in [6.07, 6.45) is 2.60. The summed E-state index contributed by atoms with van der Waals surface area (Å²) in [5.74, 6) is 0.746. The first kappa shape index (κ1) is 19.6. The summed E-state index contributed by atoms with van der Waals surface area (Å²) >= 11 is 0. The highest BCUT2D eigenvalue weighted by molar-refractivity contribution is 5.57. The minimum absolute atomic E-state index is 0.0545. The molecule has 0 bridgehead atoms. The molecule has 31 heavy (non-hydrogen) atoms. The van der Waals surface area contributed by atoms with E-state index in [0.717, 1.165) is 37.1 Å². The number of fused-ring (bicyclic) bond motifs is 2. The Labute approximate surface area is 182 Å². The van der Waals surface area contributed by atoms with E-state index in [0.29, 0.717) is 0 Å². The minimum Gasteiger partial charge on any atom is -0.470 e. The van der Waals surface area contributed by atoms with E-state index in [-0.39, 0.29) is 29.5 Å². The first-order valence-corrected chi connectivity index (χ1v) is 11.0. The third-order valence-electron chi connectivity index (χ3n) is 6.58. The van der Waals surface area contributed by atoms with Crippen molar-refractivity contribution in [1.82, 2.24) is 0 Å². The van der Waals surface area contributed by atoms with Crippen LogP contribution in [-0.2, 0) is 6.42 Å². The lowest BCUT2D eigenvalue weighted by Crippen LogP contribution is -2.53. The lowest BCUT2D eigenvalue weighted by molar-refractivity contribution is -0.485. The number of hydrogen-bond donors (Lipinski definition) is 0. The third kappa shape index (κ3) is 3.88. The van der Waals surface area contributed by atoms with E-state index in [1.807, 2.05) is 30.3 Å².